The quantitative estimate of drug-likeness (QED) is 0.177. The van der Waals surface area contributed by atoms with Crippen LogP contribution in [0.3, 0.4) is 0 Å². The molecule has 5 heterocycles. The van der Waals surface area contributed by atoms with E-state index in [1.807, 2.05) is 0 Å². The number of aromatic nitrogens is 4. The Morgan fingerprint density at radius 1 is 0.981 bits per heavy atom. The van der Waals surface area contributed by atoms with Crippen molar-refractivity contribution in [2.75, 3.05) is 5.43 Å². The van der Waals surface area contributed by atoms with Gasteiger partial charge in [-0.15, -0.1) is 0 Å². The van der Waals surface area contributed by atoms with Crippen molar-refractivity contribution in [2.45, 2.75) is 43.1 Å². The second-order valence-electron chi connectivity index (χ2n) is 12.6. The van der Waals surface area contributed by atoms with Crippen LogP contribution in [0.2, 0.25) is 10.0 Å². The van der Waals surface area contributed by atoms with Crippen LogP contribution in [-0.4, -0.2) is 40.8 Å². The van der Waals surface area contributed by atoms with E-state index in [0.717, 1.165) is 4.57 Å². The Kier molecular flexibility index (Phi) is 7.86. The number of nitrogens with zero attached hydrogens (tertiary/aromatic N) is 5. The van der Waals surface area contributed by atoms with Gasteiger partial charge in [-0.2, -0.15) is 18.2 Å². The molecule has 1 saturated carbocycles. The summed E-state index contributed by atoms with van der Waals surface area (Å²) in [6.45, 7) is -0.551. The number of para-hydroxylation sites is 1. The molecule has 17 heteroatoms. The highest BCUT2D eigenvalue weighted by Crippen LogP contribution is 2.62. The number of hydrogen-bond donors (Lipinski definition) is 2. The smallest absolute Gasteiger partial charge is 0.417 e. The molecule has 0 bridgehead atoms. The van der Waals surface area contributed by atoms with Gasteiger partial charge in [0.1, 0.15) is 23.5 Å². The zero-order valence-electron chi connectivity index (χ0n) is 26.6. The number of alkyl halides is 3. The Bertz CT molecular complexity index is 2420. The minimum Gasteiger partial charge on any atom is -0.463 e. The number of nitrogens with one attached hydrogen (secondary N) is 1. The maximum atomic E-state index is 15.1. The molecule has 4 atom stereocenters. The van der Waals surface area contributed by atoms with E-state index in [-0.39, 0.29) is 30.3 Å². The van der Waals surface area contributed by atoms with Crippen molar-refractivity contribution in [3.05, 3.63) is 144 Å². The molecule has 2 aliphatic heterocycles. The molecule has 1 aliphatic carbocycles. The summed E-state index contributed by atoms with van der Waals surface area (Å²) in [7, 11) is 0. The number of pyridine rings is 1. The van der Waals surface area contributed by atoms with Crippen molar-refractivity contribution < 1.29 is 32.3 Å². The molecule has 1 saturated heterocycles. The number of hydrogen-bond acceptors (Lipinski definition) is 8. The molecule has 3 aromatic heterocycles. The minimum absolute atomic E-state index is 0.0691. The maximum absolute atomic E-state index is 15.1. The number of furan rings is 1. The molecular formula is C35H25Cl2F3N6O6. The predicted octanol–water partition coefficient (Wildman–Crippen LogP) is 5.23. The van der Waals surface area contributed by atoms with E-state index in [2.05, 4.69) is 10.4 Å². The first-order chi connectivity index (χ1) is 24.9. The lowest BCUT2D eigenvalue weighted by Crippen LogP contribution is -2.53. The van der Waals surface area contributed by atoms with Gasteiger partial charge in [-0.1, -0.05) is 59.6 Å². The zero-order chi connectivity index (χ0) is 36.7. The molecular weight excluding hydrogens is 728 g/mol. The van der Waals surface area contributed by atoms with E-state index in [4.69, 9.17) is 27.6 Å². The third-order valence-corrected chi connectivity index (χ3v) is 10.5. The molecule has 8 rings (SSSR count). The van der Waals surface area contributed by atoms with Gasteiger partial charge in [-0.25, -0.2) is 28.5 Å². The second-order valence-corrected chi connectivity index (χ2v) is 13.4. The molecule has 266 valence electrons. The molecule has 2 fully saturated rings. The summed E-state index contributed by atoms with van der Waals surface area (Å²) in [5, 5.41) is 10.5. The van der Waals surface area contributed by atoms with Crippen LogP contribution < -0.4 is 16.8 Å². The van der Waals surface area contributed by atoms with Crippen LogP contribution in [0.4, 0.5) is 19.0 Å². The number of carbonyl (C=O) groups is 2. The van der Waals surface area contributed by atoms with Crippen LogP contribution in [0.1, 0.15) is 41.0 Å². The molecule has 52 heavy (non-hydrogen) atoms. The predicted molar refractivity (Wildman–Crippen MR) is 180 cm³/mol. The lowest BCUT2D eigenvalue weighted by Gasteiger charge is -2.47. The van der Waals surface area contributed by atoms with Crippen molar-refractivity contribution >= 4 is 40.8 Å². The third-order valence-electron chi connectivity index (χ3n) is 9.96. The van der Waals surface area contributed by atoms with E-state index in [0.29, 0.717) is 39.1 Å². The van der Waals surface area contributed by atoms with Crippen LogP contribution in [-0.2, 0) is 34.3 Å². The molecule has 0 spiro atoms. The number of hydrazine groups is 1. The van der Waals surface area contributed by atoms with Gasteiger partial charge in [0.2, 0.25) is 0 Å². The maximum Gasteiger partial charge on any atom is 0.417 e. The van der Waals surface area contributed by atoms with Gasteiger partial charge in [-0.05, 0) is 60.0 Å². The first-order valence-corrected chi connectivity index (χ1v) is 16.6. The summed E-state index contributed by atoms with van der Waals surface area (Å²) < 4.78 is 49.9. The average molecular weight is 754 g/mol. The summed E-state index contributed by atoms with van der Waals surface area (Å²) >= 11 is 12.5. The molecule has 0 radical (unpaired) electrons. The monoisotopic (exact) mass is 752 g/mol. The van der Waals surface area contributed by atoms with E-state index in [1.165, 1.54) is 15.4 Å². The number of benzene rings is 2. The normalized spacial score (nSPS) is 22.5. The van der Waals surface area contributed by atoms with Crippen molar-refractivity contribution in [2.24, 2.45) is 5.92 Å². The van der Waals surface area contributed by atoms with Gasteiger partial charge in [0.15, 0.2) is 5.82 Å². The fourth-order valence-corrected chi connectivity index (χ4v) is 8.12. The highest BCUT2D eigenvalue weighted by Gasteiger charge is 2.69. The Balaban J connectivity index is 1.34. The molecule has 12 nitrogen and oxygen atoms in total. The topological polar surface area (TPSA) is 145 Å². The minimum atomic E-state index is -4.76. The summed E-state index contributed by atoms with van der Waals surface area (Å²) in [5.41, 5.74) is -0.487. The molecule has 5 aromatic rings. The second kappa shape index (κ2) is 12.1. The van der Waals surface area contributed by atoms with Gasteiger partial charge in [-0.3, -0.25) is 15.0 Å². The lowest BCUT2D eigenvalue weighted by atomic mass is 9.54. The molecule has 2 amide bonds. The van der Waals surface area contributed by atoms with Gasteiger partial charge in [0.05, 0.1) is 40.7 Å². The van der Waals surface area contributed by atoms with Crippen LogP contribution in [0.15, 0.2) is 105 Å². The Morgan fingerprint density at radius 3 is 2.37 bits per heavy atom. The number of halogens is 5. The van der Waals surface area contributed by atoms with Crippen molar-refractivity contribution in [3.63, 3.8) is 0 Å². The number of imide groups is 1. The Hall–Kier alpha value is -5.38. The first-order valence-electron chi connectivity index (χ1n) is 15.9. The van der Waals surface area contributed by atoms with Crippen molar-refractivity contribution in [1.82, 2.24) is 23.9 Å². The number of aliphatic hydroxyl groups is 1. The Labute approximate surface area is 300 Å². The van der Waals surface area contributed by atoms with Gasteiger partial charge >= 0.3 is 17.6 Å². The third kappa shape index (κ3) is 4.90. The lowest BCUT2D eigenvalue weighted by molar-refractivity contribution is -0.139. The average Bonchev–Trinajstić information content (AvgIpc) is 3.77. The standard InChI is InChI=1S/C35H25Cl2F3N6O6/c36-20-8-6-18(7-9-20)34-24(30(48)45(31(34)49)42-29-25(37)14-19(16-41-29)35(38,39)40)15-26-23(28(34)27-11-10-22(17-47)52-27)12-13-43-32(50)44(33(51)46(26)43)21-4-2-1-3-5-21/h1-12,14,16,24,26,28,47H,13,15,17H2,(H,41,42)/t24-,26+,28+,34+/m0/s1. The van der Waals surface area contributed by atoms with E-state index >= 15 is 4.79 Å². The van der Waals surface area contributed by atoms with E-state index < -0.39 is 69.9 Å². The van der Waals surface area contributed by atoms with Crippen LogP contribution in [0.25, 0.3) is 5.69 Å². The molecule has 0 unspecified atom stereocenters. The van der Waals surface area contributed by atoms with Crippen molar-refractivity contribution in [1.29, 1.82) is 0 Å². The number of allylic oxidation sites excluding steroid dienone is 2. The van der Waals surface area contributed by atoms with Crippen LogP contribution in [0, 0.1) is 5.92 Å². The van der Waals surface area contributed by atoms with Gasteiger partial charge in [0, 0.05) is 11.2 Å². The van der Waals surface area contributed by atoms with E-state index in [9.17, 15) is 32.7 Å². The molecule has 2 aromatic carbocycles. The Morgan fingerprint density at radius 2 is 1.71 bits per heavy atom. The highest BCUT2D eigenvalue weighted by molar-refractivity contribution is 6.33. The fraction of sp³-hybridized carbons (Fsp3) is 0.229. The highest BCUT2D eigenvalue weighted by atomic mass is 35.5. The van der Waals surface area contributed by atoms with Crippen LogP contribution in [0.5, 0.6) is 0 Å². The molecule has 3 aliphatic rings. The molecule has 2 N–H and O–H groups in total. The van der Waals surface area contributed by atoms with E-state index in [1.54, 1.807) is 66.7 Å². The first kappa shape index (κ1) is 33.7. The number of rotatable bonds is 6. The number of anilines is 1. The number of fused-ring (bicyclic) bond motifs is 4. The summed E-state index contributed by atoms with van der Waals surface area (Å²) in [4.78, 5) is 61.4. The van der Waals surface area contributed by atoms with Gasteiger partial charge in [0.25, 0.3) is 11.8 Å². The van der Waals surface area contributed by atoms with Crippen LogP contribution >= 0.6 is 23.2 Å². The van der Waals surface area contributed by atoms with Crippen molar-refractivity contribution in [3.8, 4) is 5.69 Å². The number of amides is 2. The SMILES string of the molecule is O=C1[C@@H]2C[C@@H]3C(=CCn4c(=O)n(-c5ccccc5)c(=O)n43)[C@H](c3ccc(CO)o3)[C@]2(c2ccc(Cl)cc2)C(=O)N1Nc1ncc(C(F)(F)F)cc1Cl. The van der Waals surface area contributed by atoms with Gasteiger partial charge < -0.3 is 9.52 Å². The fourth-order valence-electron chi connectivity index (χ4n) is 7.79. The summed E-state index contributed by atoms with van der Waals surface area (Å²) in [5.74, 6) is -4.02. The summed E-state index contributed by atoms with van der Waals surface area (Å²) in [6.07, 6.45) is -2.67. The number of aliphatic hydroxyl groups excluding tert-OH is 1. The largest absolute Gasteiger partial charge is 0.463 e. The number of carbonyl (C=O) groups excluding carboxylic acids is 2. The summed E-state index contributed by atoms with van der Waals surface area (Å²) in [6, 6.07) is 17.4. The zero-order valence-corrected chi connectivity index (χ0v) is 28.1.